The largest absolute Gasteiger partial charge is 0.353 e. The van der Waals surface area contributed by atoms with E-state index in [9.17, 15) is 9.59 Å². The van der Waals surface area contributed by atoms with Crippen LogP contribution >= 0.6 is 11.3 Å². The van der Waals surface area contributed by atoms with Crippen LogP contribution in [0.2, 0.25) is 0 Å². The quantitative estimate of drug-likeness (QED) is 0.920. The normalized spacial score (nSPS) is 16.0. The zero-order valence-electron chi connectivity index (χ0n) is 13.2. The maximum Gasteiger partial charge on any atom is 0.262 e. The topological polar surface area (TPSA) is 64.0 Å². The number of thiophene rings is 1. The van der Waals surface area contributed by atoms with Gasteiger partial charge in [-0.1, -0.05) is 0 Å². The van der Waals surface area contributed by atoms with Gasteiger partial charge in [-0.25, -0.2) is 4.98 Å². The lowest BCUT2D eigenvalue weighted by Crippen LogP contribution is -2.35. The van der Waals surface area contributed by atoms with Gasteiger partial charge in [-0.05, 0) is 45.1 Å². The second kappa shape index (κ2) is 5.83. The van der Waals surface area contributed by atoms with Crippen LogP contribution in [0.25, 0.3) is 10.2 Å². The summed E-state index contributed by atoms with van der Waals surface area (Å²) in [5, 5.41) is 3.70. The molecular formula is C16H21N3O2S. The number of aromatic nitrogens is 2. The minimum absolute atomic E-state index is 0.00428. The van der Waals surface area contributed by atoms with Crippen LogP contribution in [0, 0.1) is 19.8 Å². The molecule has 2 aromatic heterocycles. The van der Waals surface area contributed by atoms with Crippen LogP contribution < -0.4 is 10.9 Å². The maximum absolute atomic E-state index is 12.5. The Bertz CT molecular complexity index is 774. The number of nitrogens with one attached hydrogen (secondary N) is 1. The monoisotopic (exact) mass is 319 g/mol. The molecule has 1 N–H and O–H groups in total. The molecule has 5 nitrogen and oxygen atoms in total. The Morgan fingerprint density at radius 3 is 2.91 bits per heavy atom. The number of hydrogen-bond donors (Lipinski definition) is 1. The molecule has 0 spiro atoms. The minimum atomic E-state index is -0.0464. The molecule has 3 rings (SSSR count). The van der Waals surface area contributed by atoms with Gasteiger partial charge in [0.2, 0.25) is 5.91 Å². The summed E-state index contributed by atoms with van der Waals surface area (Å²) >= 11 is 1.54. The highest BCUT2D eigenvalue weighted by Gasteiger charge is 2.28. The van der Waals surface area contributed by atoms with Crippen molar-refractivity contribution in [1.29, 1.82) is 0 Å². The predicted octanol–water partition coefficient (Wildman–Crippen LogP) is 2.38. The highest BCUT2D eigenvalue weighted by Crippen LogP contribution is 2.32. The van der Waals surface area contributed by atoms with Crippen LogP contribution in [0.3, 0.4) is 0 Å². The first kappa shape index (κ1) is 15.2. The lowest BCUT2D eigenvalue weighted by molar-refractivity contribution is -0.122. The fraction of sp³-hybridized carbons (Fsp3) is 0.562. The number of amides is 1. The van der Waals surface area contributed by atoms with Gasteiger partial charge in [-0.15, -0.1) is 11.3 Å². The zero-order chi connectivity index (χ0) is 15.9. The molecule has 118 valence electrons. The van der Waals surface area contributed by atoms with E-state index in [0.717, 1.165) is 15.3 Å². The summed E-state index contributed by atoms with van der Waals surface area (Å²) < 4.78 is 1.54. The van der Waals surface area contributed by atoms with Crippen molar-refractivity contribution in [2.24, 2.45) is 5.92 Å². The average molecular weight is 319 g/mol. The van der Waals surface area contributed by atoms with Crippen LogP contribution in [0.5, 0.6) is 0 Å². The summed E-state index contributed by atoms with van der Waals surface area (Å²) in [5.74, 6) is 0.644. The van der Waals surface area contributed by atoms with Gasteiger partial charge in [-0.2, -0.15) is 0 Å². The van der Waals surface area contributed by atoms with Gasteiger partial charge in [0.25, 0.3) is 5.56 Å². The molecule has 1 amide bonds. The maximum atomic E-state index is 12.5. The van der Waals surface area contributed by atoms with Crippen LogP contribution in [0.1, 0.15) is 36.6 Å². The Kier molecular flexibility index (Phi) is 4.04. The summed E-state index contributed by atoms with van der Waals surface area (Å²) in [6.07, 6.45) is 4.28. The molecule has 1 aliphatic carbocycles. The Morgan fingerprint density at radius 1 is 1.50 bits per heavy atom. The van der Waals surface area contributed by atoms with E-state index in [1.807, 2.05) is 20.8 Å². The third-order valence-electron chi connectivity index (χ3n) is 4.45. The van der Waals surface area contributed by atoms with Crippen molar-refractivity contribution < 1.29 is 4.79 Å². The third-order valence-corrected chi connectivity index (χ3v) is 5.57. The number of rotatable bonds is 5. The lowest BCUT2D eigenvalue weighted by Gasteiger charge is -2.13. The molecule has 0 radical (unpaired) electrons. The minimum Gasteiger partial charge on any atom is -0.353 e. The number of nitrogens with zero attached hydrogens (tertiary/aromatic N) is 2. The fourth-order valence-electron chi connectivity index (χ4n) is 2.69. The van der Waals surface area contributed by atoms with Crippen molar-refractivity contribution in [3.8, 4) is 0 Å². The molecule has 1 saturated carbocycles. The van der Waals surface area contributed by atoms with Gasteiger partial charge >= 0.3 is 0 Å². The first-order chi connectivity index (χ1) is 10.5. The molecule has 1 atom stereocenters. The van der Waals surface area contributed by atoms with Crippen LogP contribution in [-0.4, -0.2) is 21.5 Å². The second-order valence-corrected chi connectivity index (χ2v) is 7.35. The Hall–Kier alpha value is -1.69. The van der Waals surface area contributed by atoms with Crippen molar-refractivity contribution >= 4 is 27.5 Å². The molecule has 22 heavy (non-hydrogen) atoms. The van der Waals surface area contributed by atoms with Gasteiger partial charge < -0.3 is 5.32 Å². The van der Waals surface area contributed by atoms with E-state index < -0.39 is 0 Å². The molecule has 0 aliphatic heterocycles. The number of hydrogen-bond acceptors (Lipinski definition) is 4. The van der Waals surface area contributed by atoms with E-state index in [4.69, 9.17) is 0 Å². The first-order valence-electron chi connectivity index (χ1n) is 7.72. The second-order valence-electron chi connectivity index (χ2n) is 6.15. The molecule has 6 heteroatoms. The van der Waals surface area contributed by atoms with E-state index in [-0.39, 0.29) is 17.5 Å². The summed E-state index contributed by atoms with van der Waals surface area (Å²) in [5.41, 5.74) is 0.952. The van der Waals surface area contributed by atoms with Crippen LogP contribution in [0.15, 0.2) is 11.1 Å². The van der Waals surface area contributed by atoms with E-state index in [1.54, 1.807) is 22.2 Å². The molecule has 0 bridgehead atoms. The van der Waals surface area contributed by atoms with Crippen molar-refractivity contribution in [2.45, 2.75) is 52.6 Å². The van der Waals surface area contributed by atoms with Crippen molar-refractivity contribution in [2.75, 3.05) is 0 Å². The number of fused-ring (bicyclic) bond motifs is 1. The summed E-state index contributed by atoms with van der Waals surface area (Å²) in [6, 6.07) is 0.242. The van der Waals surface area contributed by atoms with Gasteiger partial charge in [0.15, 0.2) is 0 Å². The predicted molar refractivity (Wildman–Crippen MR) is 88.3 cm³/mol. The first-order valence-corrected chi connectivity index (χ1v) is 8.53. The lowest BCUT2D eigenvalue weighted by atomic mass is 10.2. The van der Waals surface area contributed by atoms with E-state index >= 15 is 0 Å². The molecule has 2 heterocycles. The van der Waals surface area contributed by atoms with Crippen LogP contribution in [0.4, 0.5) is 0 Å². The van der Waals surface area contributed by atoms with Crippen molar-refractivity contribution in [1.82, 2.24) is 14.9 Å². The number of carbonyl (C=O) groups excluding carboxylic acids is 1. The summed E-state index contributed by atoms with van der Waals surface area (Å²) in [6.45, 7) is 6.37. The van der Waals surface area contributed by atoms with Gasteiger partial charge in [0, 0.05) is 23.9 Å². The molecule has 1 aliphatic rings. The van der Waals surface area contributed by atoms with Crippen molar-refractivity contribution in [3.05, 3.63) is 27.1 Å². The smallest absolute Gasteiger partial charge is 0.262 e. The Balaban J connectivity index is 1.71. The van der Waals surface area contributed by atoms with E-state index in [0.29, 0.717) is 24.3 Å². The standard InChI is InChI=1S/C16H21N3O2S/c1-9-11(3)22-15-14(9)16(21)19(8-17-15)7-6-13(20)18-10(2)12-4-5-12/h8,10,12H,4-7H2,1-3H3,(H,18,20). The molecule has 2 aromatic rings. The summed E-state index contributed by atoms with van der Waals surface area (Å²) in [4.78, 5) is 30.7. The highest BCUT2D eigenvalue weighted by atomic mass is 32.1. The molecule has 0 saturated heterocycles. The zero-order valence-corrected chi connectivity index (χ0v) is 14.0. The number of carbonyl (C=O) groups is 1. The fourth-order valence-corrected chi connectivity index (χ4v) is 3.68. The van der Waals surface area contributed by atoms with E-state index in [2.05, 4.69) is 10.3 Å². The Morgan fingerprint density at radius 2 is 2.23 bits per heavy atom. The van der Waals surface area contributed by atoms with E-state index in [1.165, 1.54) is 12.8 Å². The number of aryl methyl sites for hydroxylation is 3. The third kappa shape index (κ3) is 2.92. The Labute approximate surface area is 133 Å². The van der Waals surface area contributed by atoms with Crippen molar-refractivity contribution in [3.63, 3.8) is 0 Å². The average Bonchev–Trinajstić information content (AvgIpc) is 3.26. The molecule has 1 unspecified atom stereocenters. The van der Waals surface area contributed by atoms with Gasteiger partial charge in [0.05, 0.1) is 11.7 Å². The summed E-state index contributed by atoms with van der Waals surface area (Å²) in [7, 11) is 0. The molecular weight excluding hydrogens is 298 g/mol. The van der Waals surface area contributed by atoms with Crippen LogP contribution in [-0.2, 0) is 11.3 Å². The highest BCUT2D eigenvalue weighted by molar-refractivity contribution is 7.18. The molecule has 0 aromatic carbocycles. The van der Waals surface area contributed by atoms with Gasteiger partial charge in [0.1, 0.15) is 4.83 Å². The molecule has 1 fully saturated rings. The van der Waals surface area contributed by atoms with Gasteiger partial charge in [-0.3, -0.25) is 14.2 Å². The SMILES string of the molecule is Cc1sc2ncn(CCC(=O)NC(C)C3CC3)c(=O)c2c1C.